The average molecular weight is 395 g/mol. The Balaban J connectivity index is 1.88. The fraction of sp³-hybridized carbons (Fsp3) is 0.150. The van der Waals surface area contributed by atoms with Crippen molar-refractivity contribution < 1.29 is 9.18 Å². The Labute approximate surface area is 161 Å². The molecule has 6 nitrogen and oxygen atoms in total. The average Bonchev–Trinajstić information content (AvgIpc) is 3.44. The summed E-state index contributed by atoms with van der Waals surface area (Å²) in [5.74, 6) is -1.20. The summed E-state index contributed by atoms with van der Waals surface area (Å²) >= 11 is 1.12. The van der Waals surface area contributed by atoms with E-state index in [1.54, 1.807) is 24.3 Å². The van der Waals surface area contributed by atoms with Gasteiger partial charge in [-0.3, -0.25) is 18.8 Å². The molecule has 0 atom stereocenters. The topological polar surface area (TPSA) is 98.0 Å². The maximum absolute atomic E-state index is 14.9. The molecule has 1 saturated carbocycles. The van der Waals surface area contributed by atoms with Crippen LogP contribution in [0.1, 0.15) is 29.2 Å². The predicted molar refractivity (Wildman–Crippen MR) is 106 cm³/mol. The highest BCUT2D eigenvalue weighted by Crippen LogP contribution is 2.40. The molecule has 0 saturated heterocycles. The molecule has 28 heavy (non-hydrogen) atoms. The highest BCUT2D eigenvalue weighted by atomic mass is 32.1. The van der Waals surface area contributed by atoms with Crippen LogP contribution in [0, 0.1) is 5.82 Å². The van der Waals surface area contributed by atoms with E-state index in [2.05, 4.69) is 4.37 Å². The third-order valence-corrected chi connectivity index (χ3v) is 5.97. The lowest BCUT2D eigenvalue weighted by molar-refractivity contribution is 0.100. The number of carbonyl (C=O) groups is 1. The molecule has 5 rings (SSSR count). The summed E-state index contributed by atoms with van der Waals surface area (Å²) in [5, 5.41) is 0.253. The second kappa shape index (κ2) is 5.87. The van der Waals surface area contributed by atoms with Crippen molar-refractivity contribution in [2.45, 2.75) is 18.9 Å². The fourth-order valence-electron chi connectivity index (χ4n) is 3.61. The molecule has 0 unspecified atom stereocenters. The minimum Gasteiger partial charge on any atom is -0.366 e. The van der Waals surface area contributed by atoms with E-state index < -0.39 is 22.7 Å². The van der Waals surface area contributed by atoms with Gasteiger partial charge in [0.2, 0.25) is 11.3 Å². The van der Waals surface area contributed by atoms with Crippen LogP contribution in [0.5, 0.6) is 0 Å². The van der Waals surface area contributed by atoms with Crippen molar-refractivity contribution in [1.29, 1.82) is 0 Å². The molecule has 0 radical (unpaired) electrons. The Morgan fingerprint density at radius 1 is 1.21 bits per heavy atom. The highest BCUT2D eigenvalue weighted by Gasteiger charge is 2.29. The quantitative estimate of drug-likeness (QED) is 0.558. The molecule has 8 heteroatoms. The Hall–Kier alpha value is -3.26. The summed E-state index contributed by atoms with van der Waals surface area (Å²) in [7, 11) is 0. The van der Waals surface area contributed by atoms with Crippen molar-refractivity contribution in [3.05, 3.63) is 68.4 Å². The number of aromatic nitrogens is 2. The molecule has 140 valence electrons. The minimum atomic E-state index is -0.600. The third-order valence-electron chi connectivity index (χ3n) is 5.09. The van der Waals surface area contributed by atoms with E-state index in [1.807, 2.05) is 4.57 Å². The number of amides is 1. The van der Waals surface area contributed by atoms with Gasteiger partial charge < -0.3 is 10.3 Å². The monoisotopic (exact) mass is 395 g/mol. The highest BCUT2D eigenvalue weighted by molar-refractivity contribution is 7.12. The number of hydrogen-bond acceptors (Lipinski definition) is 4. The van der Waals surface area contributed by atoms with Gasteiger partial charge in [-0.1, -0.05) is 12.1 Å². The van der Waals surface area contributed by atoms with Crippen LogP contribution in [-0.2, 0) is 0 Å². The number of nitrogens with one attached hydrogen (secondary N) is 1. The Kier molecular flexibility index (Phi) is 3.54. The van der Waals surface area contributed by atoms with Gasteiger partial charge in [-0.05, 0) is 54.2 Å². The second-order valence-electron chi connectivity index (χ2n) is 6.94. The number of fused-ring (bicyclic) bond motifs is 2. The van der Waals surface area contributed by atoms with Gasteiger partial charge in [-0.2, -0.15) is 0 Å². The first kappa shape index (κ1) is 16.9. The van der Waals surface area contributed by atoms with Gasteiger partial charge in [0.25, 0.3) is 5.56 Å². The van der Waals surface area contributed by atoms with Crippen molar-refractivity contribution in [2.24, 2.45) is 5.73 Å². The van der Waals surface area contributed by atoms with Gasteiger partial charge in [-0.25, -0.2) is 4.39 Å². The number of nitrogens with two attached hydrogens (primary N) is 1. The molecule has 1 aliphatic rings. The van der Waals surface area contributed by atoms with E-state index in [1.165, 1.54) is 12.1 Å². The minimum absolute atomic E-state index is 0.0762. The number of aromatic amines is 1. The van der Waals surface area contributed by atoms with Gasteiger partial charge in [0.05, 0.1) is 5.52 Å². The molecule has 0 aliphatic heterocycles. The zero-order valence-electron chi connectivity index (χ0n) is 14.5. The molecule has 0 bridgehead atoms. The number of hydrogen-bond donors (Lipinski definition) is 2. The molecule has 0 spiro atoms. The van der Waals surface area contributed by atoms with Gasteiger partial charge >= 0.3 is 0 Å². The number of carbonyl (C=O) groups excluding carboxylic acids is 1. The number of benzene rings is 2. The third kappa shape index (κ3) is 2.41. The van der Waals surface area contributed by atoms with Crippen molar-refractivity contribution in [3.8, 4) is 11.1 Å². The van der Waals surface area contributed by atoms with E-state index in [4.69, 9.17) is 5.73 Å². The van der Waals surface area contributed by atoms with Gasteiger partial charge in [0.15, 0.2) is 0 Å². The Morgan fingerprint density at radius 3 is 2.71 bits per heavy atom. The molecule has 3 N–H and O–H groups in total. The van der Waals surface area contributed by atoms with Gasteiger partial charge in [0.1, 0.15) is 16.0 Å². The number of halogens is 1. The summed E-state index contributed by atoms with van der Waals surface area (Å²) in [6, 6.07) is 9.38. The van der Waals surface area contributed by atoms with Crippen molar-refractivity contribution in [1.82, 2.24) is 8.94 Å². The molecule has 2 aromatic heterocycles. The Morgan fingerprint density at radius 2 is 2.00 bits per heavy atom. The Bertz CT molecular complexity index is 1410. The summed E-state index contributed by atoms with van der Waals surface area (Å²) in [6.45, 7) is 0. The number of primary amides is 1. The standard InChI is InChI=1S/C20H14FN3O3S/c21-14-7-13-15(8-12(14)9-2-1-3-10(6-9)18(22)26)24(11-4-5-11)20-16(17(13)25)19(27)23-28-20/h1-3,6-8,11H,4-5H2,(H2,22,26)(H,23,27). The van der Waals surface area contributed by atoms with Crippen LogP contribution in [0.15, 0.2) is 46.0 Å². The number of H-pyrrole nitrogens is 1. The lowest BCUT2D eigenvalue weighted by atomic mass is 10.00. The number of pyridine rings is 1. The summed E-state index contributed by atoms with van der Waals surface area (Å²) in [6.07, 6.45) is 1.87. The molecule has 4 aromatic rings. The molecular formula is C20H14FN3O3S. The van der Waals surface area contributed by atoms with E-state index >= 15 is 0 Å². The van der Waals surface area contributed by atoms with Crippen LogP contribution < -0.4 is 16.7 Å². The molecule has 2 aromatic carbocycles. The van der Waals surface area contributed by atoms with Crippen LogP contribution in [0.3, 0.4) is 0 Å². The van der Waals surface area contributed by atoms with Crippen LogP contribution in [0.25, 0.3) is 32.2 Å². The summed E-state index contributed by atoms with van der Waals surface area (Å²) < 4.78 is 19.5. The zero-order valence-corrected chi connectivity index (χ0v) is 15.3. The normalized spacial score (nSPS) is 14.0. The van der Waals surface area contributed by atoms with Crippen molar-refractivity contribution >= 4 is 38.6 Å². The smallest absolute Gasteiger partial charge is 0.271 e. The first-order chi connectivity index (χ1) is 13.5. The molecule has 1 aliphatic carbocycles. The lowest BCUT2D eigenvalue weighted by Crippen LogP contribution is -2.15. The molecular weight excluding hydrogens is 381 g/mol. The van der Waals surface area contributed by atoms with Crippen LogP contribution in [0.4, 0.5) is 4.39 Å². The maximum atomic E-state index is 14.9. The lowest BCUT2D eigenvalue weighted by Gasteiger charge is -2.14. The second-order valence-corrected chi connectivity index (χ2v) is 7.73. The van der Waals surface area contributed by atoms with E-state index in [0.29, 0.717) is 15.9 Å². The van der Waals surface area contributed by atoms with Gasteiger partial charge in [-0.15, -0.1) is 0 Å². The van der Waals surface area contributed by atoms with E-state index in [9.17, 15) is 18.8 Å². The van der Waals surface area contributed by atoms with Crippen LogP contribution in [-0.4, -0.2) is 14.8 Å². The largest absolute Gasteiger partial charge is 0.366 e. The predicted octanol–water partition coefficient (Wildman–Crippen LogP) is 3.14. The summed E-state index contributed by atoms with van der Waals surface area (Å²) in [5.41, 5.74) is 6.04. The fourth-order valence-corrected chi connectivity index (χ4v) is 4.53. The first-order valence-corrected chi connectivity index (χ1v) is 9.56. The van der Waals surface area contributed by atoms with Crippen LogP contribution >= 0.6 is 11.5 Å². The number of nitrogens with zero attached hydrogens (tertiary/aromatic N) is 1. The van der Waals surface area contributed by atoms with E-state index in [-0.39, 0.29) is 27.9 Å². The summed E-state index contributed by atoms with van der Waals surface area (Å²) in [4.78, 5) is 37.0. The van der Waals surface area contributed by atoms with Crippen molar-refractivity contribution in [2.75, 3.05) is 0 Å². The first-order valence-electron chi connectivity index (χ1n) is 8.75. The molecule has 1 amide bonds. The maximum Gasteiger partial charge on any atom is 0.271 e. The van der Waals surface area contributed by atoms with Gasteiger partial charge in [0, 0.05) is 22.6 Å². The van der Waals surface area contributed by atoms with Crippen molar-refractivity contribution in [3.63, 3.8) is 0 Å². The molecule has 2 heterocycles. The number of rotatable bonds is 3. The SMILES string of the molecule is NC(=O)c1cccc(-c2cc3c(cc2F)c(=O)c2c(=O)[nH]sc2n3C2CC2)c1. The van der Waals surface area contributed by atoms with Crippen LogP contribution in [0.2, 0.25) is 0 Å². The zero-order chi connectivity index (χ0) is 19.6. The molecule has 1 fully saturated rings. The van der Waals surface area contributed by atoms with E-state index in [0.717, 1.165) is 24.4 Å².